The molecule has 202 valence electrons. The fourth-order valence-electron chi connectivity index (χ4n) is 3.18. The normalized spacial score (nSPS) is 9.39. The van der Waals surface area contributed by atoms with Gasteiger partial charge in [-0.1, -0.05) is 66.6 Å². The molecule has 1 atom stereocenters. The third-order valence-electron chi connectivity index (χ3n) is 4.89. The largest absolute Gasteiger partial charge is 0.443 e. The first kappa shape index (κ1) is 32.0. The lowest BCUT2D eigenvalue weighted by Gasteiger charge is -2.07. The molecule has 5 nitrogen and oxygen atoms in total. The molecule has 0 aliphatic carbocycles. The Labute approximate surface area is 246 Å². The summed E-state index contributed by atoms with van der Waals surface area (Å²) in [5.74, 6) is 1.07. The van der Waals surface area contributed by atoms with E-state index < -0.39 is 10.8 Å². The first-order chi connectivity index (χ1) is 20.0. The molecule has 2 N–H and O–H groups in total. The van der Waals surface area contributed by atoms with E-state index in [9.17, 15) is 4.21 Å². The molecule has 1 aromatic carbocycles. The summed E-state index contributed by atoms with van der Waals surface area (Å²) in [7, 11) is -1.12. The van der Waals surface area contributed by atoms with Crippen molar-refractivity contribution in [2.24, 2.45) is 0 Å². The highest BCUT2D eigenvalue weighted by Gasteiger charge is 2.21. The summed E-state index contributed by atoms with van der Waals surface area (Å²) in [5, 5.41) is 0.848. The van der Waals surface area contributed by atoms with Gasteiger partial charge in [-0.25, -0.2) is 9.97 Å². The number of nitrogens with two attached hydrogens (primary N) is 1. The first-order valence-electron chi connectivity index (χ1n) is 12.2. The van der Waals surface area contributed by atoms with E-state index in [-0.39, 0.29) is 0 Å². The number of hydrogen-bond donors (Lipinski definition) is 1. The van der Waals surface area contributed by atoms with E-state index in [2.05, 4.69) is 95.5 Å². The summed E-state index contributed by atoms with van der Waals surface area (Å²) < 4.78 is 18.9. The van der Waals surface area contributed by atoms with E-state index >= 15 is 0 Å². The molecule has 7 heteroatoms. The number of anilines is 1. The third kappa shape index (κ3) is 9.79. The molecule has 1 unspecified atom stereocenters. The maximum atomic E-state index is 12.7. The average Bonchev–Trinajstić information content (AvgIpc) is 3.66. The summed E-state index contributed by atoms with van der Waals surface area (Å²) >= 11 is 1.40. The standard InChI is InChI=1S/C20H19N3O2S2.2C7H4/c1-2-3-11-27(24)20-17(21)16-14(13-7-5-4-6-8-13)12-15(23-19(16)26-20)18-22-9-10-25-18;2*1-3-5-7-6-4-2/h4-10,12H,2-3,11,21H2,1H3;2*1-2H2. The Bertz CT molecular complexity index is 1780. The molecule has 0 radical (unpaired) electrons. The minimum atomic E-state index is -1.12. The van der Waals surface area contributed by atoms with Gasteiger partial charge in [0, 0.05) is 11.1 Å². The summed E-state index contributed by atoms with van der Waals surface area (Å²) in [6, 6.07) is 11.9. The lowest BCUT2D eigenvalue weighted by Crippen LogP contribution is -1.99. The van der Waals surface area contributed by atoms with Gasteiger partial charge in [-0.05, 0) is 84.3 Å². The number of pyridine rings is 1. The monoisotopic (exact) mass is 573 g/mol. The minimum absolute atomic E-state index is 0.453. The molecule has 0 aliphatic rings. The molecule has 4 aromatic rings. The Morgan fingerprint density at radius 2 is 1.56 bits per heavy atom. The van der Waals surface area contributed by atoms with Crippen molar-refractivity contribution in [1.29, 1.82) is 0 Å². The quantitative estimate of drug-likeness (QED) is 0.235. The predicted molar refractivity (Wildman–Crippen MR) is 169 cm³/mol. The number of thiophene rings is 1. The van der Waals surface area contributed by atoms with Crippen LogP contribution in [-0.2, 0) is 10.8 Å². The molecule has 0 bridgehead atoms. The number of oxazole rings is 1. The molecular formula is C34H27N3O2S2. The zero-order valence-corrected chi connectivity index (χ0v) is 24.3. The number of aromatic nitrogens is 2. The maximum Gasteiger partial charge on any atom is 0.245 e. The van der Waals surface area contributed by atoms with Crippen molar-refractivity contribution in [1.82, 2.24) is 9.97 Å². The number of fused-ring (bicyclic) bond motifs is 1. The smallest absolute Gasteiger partial charge is 0.245 e. The molecule has 4 rings (SSSR count). The zero-order chi connectivity index (χ0) is 29.9. The van der Waals surface area contributed by atoms with Crippen molar-refractivity contribution < 1.29 is 8.63 Å². The van der Waals surface area contributed by atoms with Gasteiger partial charge in [0.25, 0.3) is 0 Å². The Morgan fingerprint density at radius 3 is 2.07 bits per heavy atom. The van der Waals surface area contributed by atoms with Crippen LogP contribution >= 0.6 is 11.3 Å². The Morgan fingerprint density at radius 1 is 0.951 bits per heavy atom. The zero-order valence-electron chi connectivity index (χ0n) is 22.7. The molecule has 41 heavy (non-hydrogen) atoms. The van der Waals surface area contributed by atoms with Crippen molar-refractivity contribution in [3.05, 3.63) is 132 Å². The highest BCUT2D eigenvalue weighted by molar-refractivity contribution is 7.87. The number of nitrogens with zero attached hydrogens (tertiary/aromatic N) is 2. The number of unbranched alkanes of at least 4 members (excludes halogenated alkanes) is 1. The highest BCUT2D eigenvalue weighted by atomic mass is 32.2. The summed E-state index contributed by atoms with van der Waals surface area (Å²) in [6.07, 6.45) is 5.02. The Hall–Kier alpha value is -5.23. The van der Waals surface area contributed by atoms with Gasteiger partial charge in [-0.15, -0.1) is 11.3 Å². The number of rotatable bonds is 6. The lowest BCUT2D eigenvalue weighted by molar-refractivity contribution is 0.572. The Balaban J connectivity index is 0.000000349. The summed E-state index contributed by atoms with van der Waals surface area (Å²) in [6.45, 7) is 15.1. The molecule has 0 saturated carbocycles. The predicted octanol–water partition coefficient (Wildman–Crippen LogP) is 8.26. The molecule has 0 fully saturated rings. The van der Waals surface area contributed by atoms with Crippen molar-refractivity contribution in [2.45, 2.75) is 24.0 Å². The van der Waals surface area contributed by atoms with E-state index in [0.29, 0.717) is 27.2 Å². The molecule has 0 aliphatic heterocycles. The van der Waals surface area contributed by atoms with Crippen molar-refractivity contribution in [2.75, 3.05) is 11.5 Å². The molecule has 3 aromatic heterocycles. The minimum Gasteiger partial charge on any atom is -0.443 e. The van der Waals surface area contributed by atoms with Crippen molar-refractivity contribution >= 4 is 38.0 Å². The molecule has 0 amide bonds. The fourth-order valence-corrected chi connectivity index (χ4v) is 5.98. The Kier molecular flexibility index (Phi) is 14.1. The van der Waals surface area contributed by atoms with Gasteiger partial charge in [-0.2, -0.15) is 0 Å². The van der Waals surface area contributed by atoms with Gasteiger partial charge in [0.05, 0.1) is 22.7 Å². The number of hydrogen-bond acceptors (Lipinski definition) is 6. The van der Waals surface area contributed by atoms with Gasteiger partial charge in [0.15, 0.2) is 0 Å². The van der Waals surface area contributed by atoms with Gasteiger partial charge in [-0.3, -0.25) is 4.21 Å². The fraction of sp³-hybridized carbons (Fsp3) is 0.118. The van der Waals surface area contributed by atoms with Gasteiger partial charge in [0.1, 0.15) is 21.0 Å². The summed E-state index contributed by atoms with van der Waals surface area (Å²) in [4.78, 5) is 9.66. The van der Waals surface area contributed by atoms with Crippen molar-refractivity contribution in [3.8, 4) is 22.7 Å². The van der Waals surface area contributed by atoms with Gasteiger partial charge >= 0.3 is 0 Å². The van der Waals surface area contributed by atoms with Crippen LogP contribution in [0.25, 0.3) is 32.9 Å². The molecular weight excluding hydrogens is 547 g/mol. The van der Waals surface area contributed by atoms with E-state index in [1.54, 1.807) is 6.20 Å². The summed E-state index contributed by atoms with van der Waals surface area (Å²) in [5.41, 5.74) is 33.6. The second kappa shape index (κ2) is 18.1. The van der Waals surface area contributed by atoms with Crippen LogP contribution in [0.1, 0.15) is 19.8 Å². The highest BCUT2D eigenvalue weighted by Crippen LogP contribution is 2.42. The molecule has 0 spiro atoms. The van der Waals surface area contributed by atoms with E-state index in [4.69, 9.17) is 15.1 Å². The van der Waals surface area contributed by atoms with Crippen LogP contribution < -0.4 is 5.73 Å². The lowest BCUT2D eigenvalue weighted by atomic mass is 10.0. The van der Waals surface area contributed by atoms with Crippen LogP contribution in [0.2, 0.25) is 0 Å². The number of nitrogen functional groups attached to an aromatic ring is 1. The van der Waals surface area contributed by atoms with E-state index in [1.165, 1.54) is 17.6 Å². The van der Waals surface area contributed by atoms with Gasteiger partial charge in [0.2, 0.25) is 5.89 Å². The second-order valence-electron chi connectivity index (χ2n) is 7.60. The molecule has 3 heterocycles. The third-order valence-corrected chi connectivity index (χ3v) is 7.89. The van der Waals surface area contributed by atoms with Crippen LogP contribution in [0, 0.1) is 0 Å². The topological polar surface area (TPSA) is 82.0 Å². The van der Waals surface area contributed by atoms with Crippen LogP contribution in [-0.4, -0.2) is 19.9 Å². The van der Waals surface area contributed by atoms with Crippen LogP contribution in [0.4, 0.5) is 5.69 Å². The van der Waals surface area contributed by atoms with Crippen LogP contribution in [0.15, 0.2) is 141 Å². The SMILES string of the molecule is C=C=C=C=C=C=C.C=C=C=C=C=C=C.CCCCS(=O)c1sc2nc(-c3ncco3)cc(-c3ccccc3)c2c1N. The number of benzene rings is 1. The second-order valence-corrected chi connectivity index (χ2v) is 10.4. The van der Waals surface area contributed by atoms with Gasteiger partial charge < -0.3 is 10.2 Å². The van der Waals surface area contributed by atoms with Crippen molar-refractivity contribution in [3.63, 3.8) is 0 Å². The van der Waals surface area contributed by atoms with E-state index in [0.717, 1.165) is 34.2 Å². The van der Waals surface area contributed by atoms with E-state index in [1.807, 2.05) is 36.4 Å². The van der Waals surface area contributed by atoms with Crippen LogP contribution in [0.3, 0.4) is 0 Å². The molecule has 0 saturated heterocycles. The van der Waals surface area contributed by atoms with Crippen LogP contribution in [0.5, 0.6) is 0 Å². The average molecular weight is 574 g/mol. The first-order valence-corrected chi connectivity index (χ1v) is 14.3. The maximum absolute atomic E-state index is 12.7.